The van der Waals surface area contributed by atoms with Gasteiger partial charge in [-0.2, -0.15) is 4.98 Å². The first-order valence-corrected chi connectivity index (χ1v) is 7.46. The zero-order chi connectivity index (χ0) is 15.7. The summed E-state index contributed by atoms with van der Waals surface area (Å²) in [6, 6.07) is 5.21. The van der Waals surface area contributed by atoms with E-state index in [4.69, 9.17) is 20.9 Å². The molecule has 0 bridgehead atoms. The summed E-state index contributed by atoms with van der Waals surface area (Å²) in [5.41, 5.74) is 0.665. The number of aryl methyl sites for hydroxylation is 1. The Morgan fingerprint density at radius 2 is 2.32 bits per heavy atom. The standard InChI is InChI=1S/C15H16ClN3O3/c1-3-13-17-15(22-18-13)9-6-14(20)19(8-9)11-7-10(16)4-5-12(11)21-2/h4-5,7,9H,3,6,8H2,1-2H3. The second-order valence-corrected chi connectivity index (χ2v) is 5.56. The molecule has 1 aliphatic rings. The van der Waals surface area contributed by atoms with Gasteiger partial charge < -0.3 is 14.2 Å². The molecule has 22 heavy (non-hydrogen) atoms. The van der Waals surface area contributed by atoms with Crippen LogP contribution in [0.5, 0.6) is 5.75 Å². The van der Waals surface area contributed by atoms with Gasteiger partial charge in [0.2, 0.25) is 11.8 Å². The quantitative estimate of drug-likeness (QED) is 0.866. The summed E-state index contributed by atoms with van der Waals surface area (Å²) in [6.07, 6.45) is 1.04. The molecule has 2 aromatic rings. The predicted octanol–water partition coefficient (Wildman–Crippen LogP) is 2.81. The summed E-state index contributed by atoms with van der Waals surface area (Å²) in [6.45, 7) is 2.43. The molecule has 6 nitrogen and oxygen atoms in total. The van der Waals surface area contributed by atoms with Gasteiger partial charge in [0.25, 0.3) is 0 Å². The summed E-state index contributed by atoms with van der Waals surface area (Å²) in [5.74, 6) is 1.65. The molecule has 1 aromatic heterocycles. The van der Waals surface area contributed by atoms with Crippen molar-refractivity contribution >= 4 is 23.2 Å². The maximum Gasteiger partial charge on any atom is 0.232 e. The maximum absolute atomic E-state index is 12.4. The number of halogens is 1. The van der Waals surface area contributed by atoms with E-state index in [1.165, 1.54) is 0 Å². The Morgan fingerprint density at radius 1 is 1.50 bits per heavy atom. The number of benzene rings is 1. The van der Waals surface area contributed by atoms with Gasteiger partial charge in [-0.15, -0.1) is 0 Å². The summed E-state index contributed by atoms with van der Waals surface area (Å²) in [7, 11) is 1.57. The zero-order valence-electron chi connectivity index (χ0n) is 12.4. The topological polar surface area (TPSA) is 68.5 Å². The second kappa shape index (κ2) is 5.96. The lowest BCUT2D eigenvalue weighted by Gasteiger charge is -2.19. The predicted molar refractivity (Wildman–Crippen MR) is 81.4 cm³/mol. The van der Waals surface area contributed by atoms with Crippen LogP contribution in [-0.2, 0) is 11.2 Å². The first kappa shape index (κ1) is 14.8. The van der Waals surface area contributed by atoms with Gasteiger partial charge in [0.15, 0.2) is 5.82 Å². The number of methoxy groups -OCH3 is 1. The Kier molecular flexibility index (Phi) is 4.02. The van der Waals surface area contributed by atoms with Crippen LogP contribution in [0.3, 0.4) is 0 Å². The fourth-order valence-electron chi connectivity index (χ4n) is 2.56. The third kappa shape index (κ3) is 2.66. The molecular weight excluding hydrogens is 306 g/mol. The van der Waals surface area contributed by atoms with Gasteiger partial charge in [0.1, 0.15) is 5.75 Å². The van der Waals surface area contributed by atoms with Gasteiger partial charge in [-0.3, -0.25) is 4.79 Å². The van der Waals surface area contributed by atoms with Gasteiger partial charge in [-0.05, 0) is 18.2 Å². The van der Waals surface area contributed by atoms with Gasteiger partial charge in [0, 0.05) is 24.4 Å². The van der Waals surface area contributed by atoms with Crippen molar-refractivity contribution in [2.75, 3.05) is 18.6 Å². The van der Waals surface area contributed by atoms with Gasteiger partial charge in [-0.25, -0.2) is 0 Å². The zero-order valence-corrected chi connectivity index (χ0v) is 13.1. The molecule has 2 heterocycles. The molecule has 0 spiro atoms. The molecule has 7 heteroatoms. The molecule has 1 fully saturated rings. The Labute approximate surface area is 133 Å². The lowest BCUT2D eigenvalue weighted by Crippen LogP contribution is -2.24. The summed E-state index contributed by atoms with van der Waals surface area (Å²) in [5, 5.41) is 4.44. The van der Waals surface area contributed by atoms with E-state index in [1.807, 2.05) is 6.92 Å². The minimum atomic E-state index is -0.107. The van der Waals surface area contributed by atoms with Crippen molar-refractivity contribution in [3.63, 3.8) is 0 Å². The van der Waals surface area contributed by atoms with E-state index in [0.717, 1.165) is 0 Å². The number of ether oxygens (including phenoxy) is 1. The van der Waals surface area contributed by atoms with Crippen LogP contribution in [0.1, 0.15) is 31.0 Å². The number of carbonyl (C=O) groups excluding carboxylic acids is 1. The average Bonchev–Trinajstić information content (AvgIpc) is 3.13. The third-order valence-electron chi connectivity index (χ3n) is 3.71. The molecule has 0 aliphatic carbocycles. The Hall–Kier alpha value is -2.08. The number of nitrogens with zero attached hydrogens (tertiary/aromatic N) is 3. The molecule has 0 saturated carbocycles. The number of anilines is 1. The fourth-order valence-corrected chi connectivity index (χ4v) is 2.72. The molecule has 116 valence electrons. The third-order valence-corrected chi connectivity index (χ3v) is 3.94. The highest BCUT2D eigenvalue weighted by molar-refractivity contribution is 6.31. The van der Waals surface area contributed by atoms with E-state index < -0.39 is 0 Å². The van der Waals surface area contributed by atoms with Crippen molar-refractivity contribution in [2.24, 2.45) is 0 Å². The Balaban J connectivity index is 1.87. The molecule has 1 aliphatic heterocycles. The van der Waals surface area contributed by atoms with Crippen LogP contribution in [0.25, 0.3) is 0 Å². The number of hydrogen-bond donors (Lipinski definition) is 0. The molecule has 1 atom stereocenters. The molecule has 1 aromatic carbocycles. The van der Waals surface area contributed by atoms with Crippen molar-refractivity contribution < 1.29 is 14.1 Å². The first-order chi connectivity index (χ1) is 10.6. The first-order valence-electron chi connectivity index (χ1n) is 7.08. The normalized spacial score (nSPS) is 18.0. The maximum atomic E-state index is 12.4. The highest BCUT2D eigenvalue weighted by Gasteiger charge is 2.36. The van der Waals surface area contributed by atoms with Gasteiger partial charge in [-0.1, -0.05) is 23.7 Å². The number of carbonyl (C=O) groups is 1. The highest BCUT2D eigenvalue weighted by Crippen LogP contribution is 2.37. The van der Waals surface area contributed by atoms with Crippen molar-refractivity contribution in [2.45, 2.75) is 25.7 Å². The van der Waals surface area contributed by atoms with E-state index in [0.29, 0.717) is 47.6 Å². The lowest BCUT2D eigenvalue weighted by atomic mass is 10.1. The van der Waals surface area contributed by atoms with Crippen LogP contribution in [0.2, 0.25) is 5.02 Å². The average molecular weight is 322 g/mol. The minimum Gasteiger partial charge on any atom is -0.495 e. The van der Waals surface area contributed by atoms with Crippen LogP contribution >= 0.6 is 11.6 Å². The largest absolute Gasteiger partial charge is 0.495 e. The van der Waals surface area contributed by atoms with Crippen molar-refractivity contribution in [1.82, 2.24) is 10.1 Å². The lowest BCUT2D eigenvalue weighted by molar-refractivity contribution is -0.117. The monoisotopic (exact) mass is 321 g/mol. The number of aromatic nitrogens is 2. The summed E-state index contributed by atoms with van der Waals surface area (Å²) < 4.78 is 10.6. The number of amides is 1. The smallest absolute Gasteiger partial charge is 0.232 e. The number of rotatable bonds is 4. The van der Waals surface area contributed by atoms with Crippen LogP contribution in [-0.4, -0.2) is 29.7 Å². The van der Waals surface area contributed by atoms with E-state index >= 15 is 0 Å². The van der Waals surface area contributed by atoms with E-state index in [2.05, 4.69) is 10.1 Å². The molecule has 1 unspecified atom stereocenters. The number of hydrogen-bond acceptors (Lipinski definition) is 5. The molecule has 0 N–H and O–H groups in total. The fraction of sp³-hybridized carbons (Fsp3) is 0.400. The minimum absolute atomic E-state index is 0.0122. The molecular formula is C15H16ClN3O3. The Morgan fingerprint density at radius 3 is 3.00 bits per heavy atom. The summed E-state index contributed by atoms with van der Waals surface area (Å²) >= 11 is 6.04. The van der Waals surface area contributed by atoms with Crippen LogP contribution < -0.4 is 9.64 Å². The van der Waals surface area contributed by atoms with Crippen LogP contribution in [0.15, 0.2) is 22.7 Å². The molecule has 1 amide bonds. The van der Waals surface area contributed by atoms with E-state index in [9.17, 15) is 4.79 Å². The summed E-state index contributed by atoms with van der Waals surface area (Å²) in [4.78, 5) is 18.3. The second-order valence-electron chi connectivity index (χ2n) is 5.12. The SMILES string of the molecule is CCc1noc(C2CC(=O)N(c3cc(Cl)ccc3OC)C2)n1. The van der Waals surface area contributed by atoms with Gasteiger partial charge in [0.05, 0.1) is 18.7 Å². The van der Waals surface area contributed by atoms with E-state index in [-0.39, 0.29) is 11.8 Å². The van der Waals surface area contributed by atoms with Crippen LogP contribution in [0, 0.1) is 0 Å². The van der Waals surface area contributed by atoms with Crippen molar-refractivity contribution in [1.29, 1.82) is 0 Å². The van der Waals surface area contributed by atoms with Crippen molar-refractivity contribution in [3.05, 3.63) is 34.9 Å². The van der Waals surface area contributed by atoms with E-state index in [1.54, 1.807) is 30.2 Å². The van der Waals surface area contributed by atoms with Crippen molar-refractivity contribution in [3.8, 4) is 5.75 Å². The highest BCUT2D eigenvalue weighted by atomic mass is 35.5. The van der Waals surface area contributed by atoms with Gasteiger partial charge >= 0.3 is 0 Å². The molecule has 3 rings (SSSR count). The Bertz CT molecular complexity index is 701. The molecule has 1 saturated heterocycles. The molecule has 0 radical (unpaired) electrons. The van der Waals surface area contributed by atoms with Crippen LogP contribution in [0.4, 0.5) is 5.69 Å².